The highest BCUT2D eigenvalue weighted by atomic mass is 79.9. The number of benzene rings is 2. The second-order valence-corrected chi connectivity index (χ2v) is 13.1. The Labute approximate surface area is 275 Å². The number of amides is 2. The molecule has 2 aromatic rings. The van der Waals surface area contributed by atoms with Crippen molar-refractivity contribution in [3.63, 3.8) is 0 Å². The predicted octanol–water partition coefficient (Wildman–Crippen LogP) is 7.93. The summed E-state index contributed by atoms with van der Waals surface area (Å²) in [6, 6.07) is 12.6. The lowest BCUT2D eigenvalue weighted by atomic mass is 9.88. The number of likely N-dealkylation sites (tertiary alicyclic amines) is 1. The molecule has 2 amide bonds. The number of ether oxygens (including phenoxy) is 2. The minimum Gasteiger partial charge on any atom is -0.493 e. The number of carboxylic acid groups (broad SMARTS) is 1. The smallest absolute Gasteiger partial charge is 0.411 e. The van der Waals surface area contributed by atoms with Crippen LogP contribution >= 0.6 is 15.9 Å². The molecule has 9 heteroatoms. The summed E-state index contributed by atoms with van der Waals surface area (Å²) >= 11 is 3.44. The van der Waals surface area contributed by atoms with Gasteiger partial charge in [-0.25, -0.2) is 4.79 Å². The Bertz CT molecular complexity index is 1380. The van der Waals surface area contributed by atoms with Crippen LogP contribution in [0.25, 0.3) is 5.57 Å². The fraction of sp³-hybridized carbons (Fsp3) is 0.500. The van der Waals surface area contributed by atoms with Crippen molar-refractivity contribution in [2.24, 2.45) is 0 Å². The van der Waals surface area contributed by atoms with Gasteiger partial charge in [-0.2, -0.15) is 0 Å². The van der Waals surface area contributed by atoms with Gasteiger partial charge in [0.15, 0.2) is 11.5 Å². The lowest BCUT2D eigenvalue weighted by Crippen LogP contribution is -2.40. The van der Waals surface area contributed by atoms with Crippen molar-refractivity contribution in [2.75, 3.05) is 43.6 Å². The summed E-state index contributed by atoms with van der Waals surface area (Å²) in [7, 11) is 1.53. The van der Waals surface area contributed by atoms with Crippen molar-refractivity contribution >= 4 is 39.2 Å². The number of anilines is 1. The molecule has 8 nitrogen and oxygen atoms in total. The molecular formula is C36H46BrN3O5. The van der Waals surface area contributed by atoms with E-state index in [2.05, 4.69) is 51.7 Å². The van der Waals surface area contributed by atoms with Gasteiger partial charge in [-0.15, -0.1) is 6.58 Å². The average molecular weight is 681 g/mol. The molecule has 2 aromatic carbocycles. The van der Waals surface area contributed by atoms with Crippen molar-refractivity contribution < 1.29 is 24.2 Å². The third-order valence-corrected chi connectivity index (χ3v) is 9.75. The SMILES string of the molecule is C=CC.COc1cc2c(cc1OCCCCCBr)N(C(=O)O)C[C@@H]1CC(c3ccc(C4CCN(C5CC5)CC4)cc3)=CN1C2=O. The number of fused-ring (bicyclic) bond motifs is 2. The first kappa shape index (κ1) is 33.1. The third-order valence-electron chi connectivity index (χ3n) is 9.19. The molecule has 4 aliphatic rings. The van der Waals surface area contributed by atoms with E-state index in [9.17, 15) is 14.7 Å². The second kappa shape index (κ2) is 15.3. The molecule has 3 heterocycles. The summed E-state index contributed by atoms with van der Waals surface area (Å²) in [5.41, 5.74) is 4.16. The van der Waals surface area contributed by atoms with Crippen LogP contribution < -0.4 is 14.4 Å². The fourth-order valence-corrected chi connectivity index (χ4v) is 7.05. The summed E-state index contributed by atoms with van der Waals surface area (Å²) in [5.74, 6) is 1.25. The highest BCUT2D eigenvalue weighted by Crippen LogP contribution is 2.42. The summed E-state index contributed by atoms with van der Waals surface area (Å²) in [5, 5.41) is 11.1. The van der Waals surface area contributed by atoms with E-state index in [0.717, 1.165) is 41.8 Å². The van der Waals surface area contributed by atoms with Crippen molar-refractivity contribution in [3.8, 4) is 11.5 Å². The van der Waals surface area contributed by atoms with Gasteiger partial charge in [0.05, 0.1) is 37.6 Å². The number of unbranched alkanes of at least 4 members (excludes halogenated alkanes) is 2. The molecule has 0 aromatic heterocycles. The number of methoxy groups -OCH3 is 1. The standard InChI is InChI=1S/C33H40BrN3O5.C3H6/c1-41-30-18-28-29(19-31(30)42-16-4-2-3-13-34)37(33(39)40)21-27-17-25(20-36(27)32(28)38)23-7-5-22(6-8-23)24-11-14-35(15-12-24)26-9-10-26;1-3-2/h5-8,18-20,24,26-27H,2-4,9-17,21H2,1H3,(H,39,40);3H,1H2,2H3/t27-;/m0./s1. The number of halogens is 1. The van der Waals surface area contributed by atoms with Crippen LogP contribution in [0, 0.1) is 0 Å². The maximum atomic E-state index is 13.9. The van der Waals surface area contributed by atoms with Crippen molar-refractivity contribution in [3.05, 3.63) is 71.9 Å². The Hall–Kier alpha value is -3.30. The normalized spacial score (nSPS) is 19.9. The summed E-state index contributed by atoms with van der Waals surface area (Å²) in [6.45, 7) is 8.31. The molecule has 1 saturated heterocycles. The Kier molecular flexibility index (Phi) is 11.3. The summed E-state index contributed by atoms with van der Waals surface area (Å²) in [6.07, 6.45) is 11.3. The molecular weight excluding hydrogens is 634 g/mol. The van der Waals surface area contributed by atoms with Crippen molar-refractivity contribution in [1.29, 1.82) is 0 Å². The van der Waals surface area contributed by atoms with Crippen molar-refractivity contribution in [1.82, 2.24) is 9.80 Å². The van der Waals surface area contributed by atoms with Gasteiger partial charge >= 0.3 is 6.09 Å². The Morgan fingerprint density at radius 2 is 1.76 bits per heavy atom. The van der Waals surface area contributed by atoms with Gasteiger partial charge in [0, 0.05) is 23.6 Å². The van der Waals surface area contributed by atoms with E-state index in [1.54, 1.807) is 23.1 Å². The molecule has 45 heavy (non-hydrogen) atoms. The lowest BCUT2D eigenvalue weighted by molar-refractivity contribution is 0.0794. The first-order valence-corrected chi connectivity index (χ1v) is 17.4. The van der Waals surface area contributed by atoms with Gasteiger partial charge in [-0.05, 0) is 100 Å². The van der Waals surface area contributed by atoms with Gasteiger partial charge in [0.25, 0.3) is 5.91 Å². The zero-order valence-corrected chi connectivity index (χ0v) is 28.1. The van der Waals surface area contributed by atoms with Crippen molar-refractivity contribution in [2.45, 2.75) is 76.3 Å². The molecule has 0 bridgehead atoms. The van der Waals surface area contributed by atoms with E-state index >= 15 is 0 Å². The molecule has 1 atom stereocenters. The van der Waals surface area contributed by atoms with E-state index in [4.69, 9.17) is 9.47 Å². The highest BCUT2D eigenvalue weighted by Gasteiger charge is 2.39. The van der Waals surface area contributed by atoms with Crippen LogP contribution in [0.1, 0.15) is 85.7 Å². The predicted molar refractivity (Wildman–Crippen MR) is 183 cm³/mol. The van der Waals surface area contributed by atoms with Crippen LogP contribution in [-0.2, 0) is 0 Å². The van der Waals surface area contributed by atoms with Gasteiger partial charge in [-0.3, -0.25) is 9.69 Å². The maximum Gasteiger partial charge on any atom is 0.411 e. The molecule has 2 fully saturated rings. The number of carbonyl (C=O) groups is 2. The Balaban J connectivity index is 0.00000128. The number of alkyl halides is 1. The van der Waals surface area contributed by atoms with Crippen LogP contribution in [0.5, 0.6) is 11.5 Å². The highest BCUT2D eigenvalue weighted by molar-refractivity contribution is 9.09. The van der Waals surface area contributed by atoms with E-state index in [0.29, 0.717) is 41.7 Å². The van der Waals surface area contributed by atoms with Gasteiger partial charge in [0.2, 0.25) is 0 Å². The maximum absolute atomic E-state index is 13.9. The molecule has 0 unspecified atom stereocenters. The second-order valence-electron chi connectivity index (χ2n) is 12.3. The van der Waals surface area contributed by atoms with Crippen LogP contribution in [0.2, 0.25) is 0 Å². The largest absolute Gasteiger partial charge is 0.493 e. The number of hydrogen-bond donors (Lipinski definition) is 1. The monoisotopic (exact) mass is 679 g/mol. The molecule has 1 saturated carbocycles. The van der Waals surface area contributed by atoms with E-state index < -0.39 is 6.09 Å². The van der Waals surface area contributed by atoms with E-state index in [-0.39, 0.29) is 18.5 Å². The Morgan fingerprint density at radius 3 is 2.38 bits per heavy atom. The minimum absolute atomic E-state index is 0.183. The molecule has 242 valence electrons. The summed E-state index contributed by atoms with van der Waals surface area (Å²) in [4.78, 5) is 32.0. The lowest BCUT2D eigenvalue weighted by Gasteiger charge is -2.32. The molecule has 6 rings (SSSR count). The first-order chi connectivity index (χ1) is 21.9. The van der Waals surface area contributed by atoms with Gasteiger partial charge in [-0.1, -0.05) is 46.3 Å². The number of rotatable bonds is 10. The topological polar surface area (TPSA) is 82.6 Å². The summed E-state index contributed by atoms with van der Waals surface area (Å²) < 4.78 is 11.6. The Morgan fingerprint density at radius 1 is 1.04 bits per heavy atom. The molecule has 1 N–H and O–H groups in total. The molecule has 1 aliphatic carbocycles. The third kappa shape index (κ3) is 7.75. The zero-order chi connectivity index (χ0) is 31.9. The number of carbonyl (C=O) groups excluding carboxylic acids is 1. The average Bonchev–Trinajstić information content (AvgIpc) is 3.84. The molecule has 0 radical (unpaired) electrons. The number of allylic oxidation sites excluding steroid dienone is 1. The van der Waals surface area contributed by atoms with Crippen LogP contribution in [0.4, 0.5) is 10.5 Å². The van der Waals surface area contributed by atoms with Crippen LogP contribution in [-0.4, -0.2) is 77.7 Å². The van der Waals surface area contributed by atoms with E-state index in [1.807, 2.05) is 13.1 Å². The zero-order valence-electron chi connectivity index (χ0n) is 26.6. The number of hydrogen-bond acceptors (Lipinski definition) is 5. The van der Waals surface area contributed by atoms with Crippen LogP contribution in [0.3, 0.4) is 0 Å². The van der Waals surface area contributed by atoms with Gasteiger partial charge < -0.3 is 24.4 Å². The molecule has 0 spiro atoms. The quantitative estimate of drug-likeness (QED) is 0.156. The van der Waals surface area contributed by atoms with Gasteiger partial charge in [0.1, 0.15) is 0 Å². The first-order valence-electron chi connectivity index (χ1n) is 16.2. The molecule has 3 aliphatic heterocycles. The fourth-order valence-electron chi connectivity index (χ4n) is 6.66. The van der Waals surface area contributed by atoms with E-state index in [1.165, 1.54) is 56.3 Å². The minimum atomic E-state index is -1.09. The number of piperidine rings is 1. The number of nitrogens with zero attached hydrogens (tertiary/aromatic N) is 3. The van der Waals surface area contributed by atoms with Crippen LogP contribution in [0.15, 0.2) is 55.3 Å².